The molecule has 4 rings (SSSR count). The van der Waals surface area contributed by atoms with Crippen LogP contribution in [0.4, 0.5) is 5.69 Å². The van der Waals surface area contributed by atoms with Crippen LogP contribution in [0.2, 0.25) is 0 Å². The van der Waals surface area contributed by atoms with E-state index >= 15 is 0 Å². The Hall–Kier alpha value is -3.52. The quantitative estimate of drug-likeness (QED) is 0.260. The molecule has 1 N–H and O–H groups in total. The van der Waals surface area contributed by atoms with Gasteiger partial charge < -0.3 is 14.7 Å². The molecule has 0 bridgehead atoms. The van der Waals surface area contributed by atoms with Crippen molar-refractivity contribution >= 4 is 23.1 Å². The van der Waals surface area contributed by atoms with Crippen LogP contribution in [0.5, 0.6) is 0 Å². The second-order valence-electron chi connectivity index (χ2n) is 7.77. The average Bonchev–Trinajstić information content (AvgIpc) is 3.36. The predicted octanol–water partition coefficient (Wildman–Crippen LogP) is 3.50. The van der Waals surface area contributed by atoms with Crippen LogP contribution in [0.1, 0.15) is 35.6 Å². The van der Waals surface area contributed by atoms with E-state index in [1.165, 1.54) is 23.1 Å². The van der Waals surface area contributed by atoms with Crippen molar-refractivity contribution in [2.75, 3.05) is 13.2 Å². The molecular weight excluding hydrogens is 400 g/mol. The van der Waals surface area contributed by atoms with Crippen molar-refractivity contribution in [2.24, 2.45) is 0 Å². The predicted molar refractivity (Wildman–Crippen MR) is 112 cm³/mol. The highest BCUT2D eigenvalue weighted by molar-refractivity contribution is 6.46. The smallest absolute Gasteiger partial charge is 0.295 e. The third kappa shape index (κ3) is 3.82. The molecule has 160 valence electrons. The van der Waals surface area contributed by atoms with Gasteiger partial charge in [-0.3, -0.25) is 19.7 Å². The maximum absolute atomic E-state index is 13.0. The molecular formula is C23H22N2O6. The first-order valence-electron chi connectivity index (χ1n) is 10.1. The van der Waals surface area contributed by atoms with E-state index in [-0.39, 0.29) is 35.2 Å². The van der Waals surface area contributed by atoms with Gasteiger partial charge >= 0.3 is 0 Å². The van der Waals surface area contributed by atoms with Crippen LogP contribution in [-0.4, -0.2) is 45.9 Å². The van der Waals surface area contributed by atoms with Crippen molar-refractivity contribution in [1.82, 2.24) is 4.90 Å². The van der Waals surface area contributed by atoms with E-state index in [0.717, 1.165) is 18.4 Å². The summed E-state index contributed by atoms with van der Waals surface area (Å²) in [6, 6.07) is 11.7. The number of nitro benzene ring substituents is 1. The molecule has 2 heterocycles. The largest absolute Gasteiger partial charge is 0.507 e. The first kappa shape index (κ1) is 20.7. The van der Waals surface area contributed by atoms with Crippen molar-refractivity contribution < 1.29 is 24.4 Å². The van der Waals surface area contributed by atoms with E-state index in [0.29, 0.717) is 12.2 Å². The number of hydrogen-bond donors (Lipinski definition) is 1. The molecule has 0 radical (unpaired) electrons. The fourth-order valence-electron chi connectivity index (χ4n) is 4.15. The number of benzene rings is 2. The monoisotopic (exact) mass is 422 g/mol. The zero-order valence-corrected chi connectivity index (χ0v) is 17.0. The maximum Gasteiger partial charge on any atom is 0.295 e. The van der Waals surface area contributed by atoms with Gasteiger partial charge in [0, 0.05) is 24.8 Å². The van der Waals surface area contributed by atoms with Gasteiger partial charge in [-0.15, -0.1) is 0 Å². The Balaban J connectivity index is 1.89. The van der Waals surface area contributed by atoms with Gasteiger partial charge in [-0.25, -0.2) is 0 Å². The van der Waals surface area contributed by atoms with Crippen molar-refractivity contribution in [1.29, 1.82) is 0 Å². The number of likely N-dealkylation sites (tertiary alicyclic amines) is 1. The third-order valence-corrected chi connectivity index (χ3v) is 5.72. The Bertz CT molecular complexity index is 1070. The molecule has 0 spiro atoms. The summed E-state index contributed by atoms with van der Waals surface area (Å²) in [4.78, 5) is 38.4. The van der Waals surface area contributed by atoms with Gasteiger partial charge in [0.05, 0.1) is 28.2 Å². The Morgan fingerprint density at radius 2 is 1.90 bits per heavy atom. The minimum absolute atomic E-state index is 0.117. The molecule has 2 aliphatic heterocycles. The molecule has 0 aliphatic carbocycles. The lowest BCUT2D eigenvalue weighted by Gasteiger charge is -2.27. The molecule has 2 fully saturated rings. The molecule has 2 atom stereocenters. The summed E-state index contributed by atoms with van der Waals surface area (Å²) in [6.45, 7) is 2.57. The van der Waals surface area contributed by atoms with Crippen molar-refractivity contribution in [3.05, 3.63) is 80.9 Å². The van der Waals surface area contributed by atoms with Gasteiger partial charge in [0.1, 0.15) is 5.76 Å². The maximum atomic E-state index is 13.0. The number of nitrogens with zero attached hydrogens (tertiary/aromatic N) is 2. The summed E-state index contributed by atoms with van der Waals surface area (Å²) in [5.41, 5.74) is 1.14. The summed E-state index contributed by atoms with van der Waals surface area (Å²) in [5.74, 6) is -2.01. The summed E-state index contributed by atoms with van der Waals surface area (Å²) in [5, 5.41) is 22.7. The number of aliphatic hydroxyl groups is 1. The Morgan fingerprint density at radius 3 is 2.55 bits per heavy atom. The number of carbonyl (C=O) groups excluding carboxylic acids is 2. The summed E-state index contributed by atoms with van der Waals surface area (Å²) < 4.78 is 5.64. The number of para-hydroxylation sites is 1. The van der Waals surface area contributed by atoms with Crippen LogP contribution in [0.25, 0.3) is 5.76 Å². The number of carbonyl (C=O) groups is 2. The van der Waals surface area contributed by atoms with Gasteiger partial charge in [0.15, 0.2) is 0 Å². The Labute approximate surface area is 178 Å². The van der Waals surface area contributed by atoms with E-state index in [4.69, 9.17) is 4.74 Å². The molecule has 0 saturated carbocycles. The number of aryl methyl sites for hydroxylation is 1. The molecule has 8 heteroatoms. The molecule has 0 aromatic heterocycles. The highest BCUT2D eigenvalue weighted by atomic mass is 16.6. The van der Waals surface area contributed by atoms with E-state index in [2.05, 4.69) is 0 Å². The number of ether oxygens (including phenoxy) is 1. The van der Waals surface area contributed by atoms with Crippen molar-refractivity contribution in [2.45, 2.75) is 31.9 Å². The van der Waals surface area contributed by atoms with Gasteiger partial charge in [-0.1, -0.05) is 42.0 Å². The topological polar surface area (TPSA) is 110 Å². The van der Waals surface area contributed by atoms with Gasteiger partial charge in [0.25, 0.3) is 17.4 Å². The molecule has 8 nitrogen and oxygen atoms in total. The first-order valence-corrected chi connectivity index (χ1v) is 10.1. The molecule has 2 aromatic rings. The lowest BCUT2D eigenvalue weighted by molar-refractivity contribution is -0.385. The number of ketones is 1. The second-order valence-corrected chi connectivity index (χ2v) is 7.77. The van der Waals surface area contributed by atoms with Gasteiger partial charge in [0.2, 0.25) is 0 Å². The zero-order chi connectivity index (χ0) is 22.1. The van der Waals surface area contributed by atoms with Crippen LogP contribution in [0.15, 0.2) is 54.1 Å². The minimum Gasteiger partial charge on any atom is -0.507 e. The van der Waals surface area contributed by atoms with Gasteiger partial charge in [-0.05, 0) is 25.8 Å². The van der Waals surface area contributed by atoms with Crippen molar-refractivity contribution in [3.8, 4) is 0 Å². The lowest BCUT2D eigenvalue weighted by Crippen LogP contribution is -2.36. The zero-order valence-electron chi connectivity index (χ0n) is 17.0. The van der Waals surface area contributed by atoms with Crippen LogP contribution in [-0.2, 0) is 14.3 Å². The highest BCUT2D eigenvalue weighted by Gasteiger charge is 2.48. The van der Waals surface area contributed by atoms with E-state index in [1.54, 1.807) is 30.3 Å². The molecule has 2 saturated heterocycles. The fraction of sp³-hybridized carbons (Fsp3) is 0.304. The standard InChI is InChI=1S/C23H22N2O6/c1-14-8-10-15(11-9-14)21(26)19-20(17-6-2-3-7-18(17)25(29)30)24(23(28)22(19)27)13-16-5-4-12-31-16/h2-3,6-11,16,20,26H,4-5,12-13H2,1H3/t16-,20+/m1/s1. The third-order valence-electron chi connectivity index (χ3n) is 5.72. The fourth-order valence-corrected chi connectivity index (χ4v) is 4.15. The minimum atomic E-state index is -1.08. The van der Waals surface area contributed by atoms with Crippen LogP contribution in [0.3, 0.4) is 0 Å². The molecule has 1 amide bonds. The Morgan fingerprint density at radius 1 is 1.19 bits per heavy atom. The molecule has 2 aliphatic rings. The molecule has 2 aromatic carbocycles. The molecule has 0 unspecified atom stereocenters. The Kier molecular flexibility index (Phi) is 5.56. The van der Waals surface area contributed by atoms with E-state index in [9.17, 15) is 24.8 Å². The van der Waals surface area contributed by atoms with E-state index in [1.807, 2.05) is 6.92 Å². The van der Waals surface area contributed by atoms with Crippen LogP contribution in [0, 0.1) is 17.0 Å². The summed E-state index contributed by atoms with van der Waals surface area (Å²) in [6.07, 6.45) is 1.31. The normalized spacial score (nSPS) is 22.8. The number of aliphatic hydroxyl groups excluding tert-OH is 1. The first-order chi connectivity index (χ1) is 14.9. The summed E-state index contributed by atoms with van der Waals surface area (Å²) >= 11 is 0. The van der Waals surface area contributed by atoms with Crippen molar-refractivity contribution in [3.63, 3.8) is 0 Å². The van der Waals surface area contributed by atoms with E-state index < -0.39 is 22.7 Å². The average molecular weight is 422 g/mol. The van der Waals surface area contributed by atoms with Crippen LogP contribution >= 0.6 is 0 Å². The SMILES string of the molecule is Cc1ccc(C(O)=C2C(=O)C(=O)N(C[C@H]3CCCO3)[C@H]2c2ccccc2[N+](=O)[O-])cc1. The second kappa shape index (κ2) is 8.31. The number of hydrogen-bond acceptors (Lipinski definition) is 6. The van der Waals surface area contributed by atoms with Gasteiger partial charge in [-0.2, -0.15) is 0 Å². The number of nitro groups is 1. The highest BCUT2D eigenvalue weighted by Crippen LogP contribution is 2.43. The summed E-state index contributed by atoms with van der Waals surface area (Å²) in [7, 11) is 0. The number of rotatable bonds is 5. The number of amides is 1. The number of Topliss-reactive ketones (excluding diaryl/α,β-unsaturated/α-hetero) is 1. The van der Waals surface area contributed by atoms with Crippen LogP contribution < -0.4 is 0 Å². The molecule has 31 heavy (non-hydrogen) atoms. The lowest BCUT2D eigenvalue weighted by atomic mass is 9.94.